The fraction of sp³-hybridized carbons (Fsp3) is 0.800. The molecular formula is C10H18O. The Labute approximate surface area is 69.1 Å². The number of aliphatic hydroxyl groups is 1. The molecule has 0 fully saturated rings. The van der Waals surface area contributed by atoms with Gasteiger partial charge in [-0.2, -0.15) is 0 Å². The first-order chi connectivity index (χ1) is 4.94. The van der Waals surface area contributed by atoms with Crippen molar-refractivity contribution in [1.29, 1.82) is 0 Å². The van der Waals surface area contributed by atoms with Crippen LogP contribution in [0.15, 0.2) is 11.6 Å². The molecule has 0 aliphatic heterocycles. The fourth-order valence-corrected chi connectivity index (χ4v) is 1.63. The third kappa shape index (κ3) is 1.02. The zero-order chi connectivity index (χ0) is 8.70. The van der Waals surface area contributed by atoms with Gasteiger partial charge in [0.25, 0.3) is 0 Å². The van der Waals surface area contributed by atoms with E-state index in [2.05, 4.69) is 33.8 Å². The summed E-state index contributed by atoms with van der Waals surface area (Å²) >= 11 is 0. The summed E-state index contributed by atoms with van der Waals surface area (Å²) in [5, 5.41) is 9.25. The van der Waals surface area contributed by atoms with Gasteiger partial charge in [-0.25, -0.2) is 0 Å². The minimum absolute atomic E-state index is 0.0666. The molecule has 1 atom stereocenters. The van der Waals surface area contributed by atoms with E-state index in [1.54, 1.807) is 0 Å². The van der Waals surface area contributed by atoms with Crippen molar-refractivity contribution in [3.8, 4) is 0 Å². The van der Waals surface area contributed by atoms with Crippen molar-refractivity contribution in [3.05, 3.63) is 11.6 Å². The van der Waals surface area contributed by atoms with Gasteiger partial charge >= 0.3 is 0 Å². The van der Waals surface area contributed by atoms with E-state index in [0.29, 0.717) is 0 Å². The molecule has 0 aromatic carbocycles. The van der Waals surface area contributed by atoms with Gasteiger partial charge in [0, 0.05) is 12.0 Å². The van der Waals surface area contributed by atoms with Crippen LogP contribution in [0.2, 0.25) is 0 Å². The van der Waals surface area contributed by atoms with Crippen molar-refractivity contribution in [2.24, 2.45) is 10.8 Å². The lowest BCUT2D eigenvalue weighted by molar-refractivity contribution is 0.0608. The van der Waals surface area contributed by atoms with E-state index in [9.17, 15) is 5.11 Å². The highest BCUT2D eigenvalue weighted by Crippen LogP contribution is 2.51. The maximum absolute atomic E-state index is 9.25. The molecule has 0 heterocycles. The summed E-state index contributed by atoms with van der Waals surface area (Å²) in [6.07, 6.45) is 3.26. The number of hydrogen-bond donors (Lipinski definition) is 1. The second-order valence-corrected chi connectivity index (χ2v) is 4.44. The summed E-state index contributed by atoms with van der Waals surface area (Å²) in [7, 11) is 0. The molecule has 0 amide bonds. The Morgan fingerprint density at radius 3 is 2.18 bits per heavy atom. The predicted octanol–water partition coefficient (Wildman–Crippen LogP) is 2.36. The zero-order valence-corrected chi connectivity index (χ0v) is 7.94. The summed E-state index contributed by atoms with van der Waals surface area (Å²) in [6, 6.07) is 0. The first-order valence-corrected chi connectivity index (χ1v) is 4.22. The molecule has 1 rings (SSSR count). The summed E-state index contributed by atoms with van der Waals surface area (Å²) in [6.45, 7) is 9.01. The lowest BCUT2D eigenvalue weighted by Gasteiger charge is -2.38. The Morgan fingerprint density at radius 1 is 1.45 bits per heavy atom. The van der Waals surface area contributed by atoms with Gasteiger partial charge in [-0.15, -0.1) is 0 Å². The van der Waals surface area contributed by atoms with Gasteiger partial charge in [0.05, 0.1) is 0 Å². The average molecular weight is 154 g/mol. The maximum Gasteiger partial charge on any atom is 0.0495 e. The third-order valence-corrected chi connectivity index (χ3v) is 3.70. The molecule has 0 spiro atoms. The van der Waals surface area contributed by atoms with E-state index < -0.39 is 0 Å². The highest BCUT2D eigenvalue weighted by atomic mass is 16.3. The summed E-state index contributed by atoms with van der Waals surface area (Å²) in [5.41, 5.74) is 1.65. The second-order valence-electron chi connectivity index (χ2n) is 4.44. The van der Waals surface area contributed by atoms with Gasteiger partial charge in [-0.3, -0.25) is 0 Å². The van der Waals surface area contributed by atoms with Crippen LogP contribution in [0.25, 0.3) is 0 Å². The van der Waals surface area contributed by atoms with Crippen LogP contribution in [0, 0.1) is 10.8 Å². The van der Waals surface area contributed by atoms with Gasteiger partial charge in [0.1, 0.15) is 0 Å². The molecule has 1 aliphatic rings. The minimum Gasteiger partial charge on any atom is -0.396 e. The van der Waals surface area contributed by atoms with Gasteiger partial charge in [0.15, 0.2) is 0 Å². The fourth-order valence-electron chi connectivity index (χ4n) is 1.63. The molecule has 0 saturated heterocycles. The molecule has 1 nitrogen and oxygen atoms in total. The highest BCUT2D eigenvalue weighted by molar-refractivity contribution is 5.22. The Morgan fingerprint density at radius 2 is 2.00 bits per heavy atom. The van der Waals surface area contributed by atoms with Crippen LogP contribution in [-0.4, -0.2) is 11.7 Å². The van der Waals surface area contributed by atoms with Crippen molar-refractivity contribution in [2.45, 2.75) is 34.1 Å². The molecule has 64 valence electrons. The summed E-state index contributed by atoms with van der Waals surface area (Å²) < 4.78 is 0. The molecule has 1 N–H and O–H groups in total. The van der Waals surface area contributed by atoms with E-state index in [1.807, 2.05) is 0 Å². The Hall–Kier alpha value is -0.300. The smallest absolute Gasteiger partial charge is 0.0495 e. The van der Waals surface area contributed by atoms with Crippen molar-refractivity contribution in [1.82, 2.24) is 0 Å². The van der Waals surface area contributed by atoms with E-state index in [1.165, 1.54) is 5.57 Å². The number of aliphatic hydroxyl groups excluding tert-OH is 1. The minimum atomic E-state index is 0.0666. The molecule has 0 saturated carbocycles. The monoisotopic (exact) mass is 154 g/mol. The SMILES string of the molecule is CC1=CCC(C)(CO)C1(C)C. The van der Waals surface area contributed by atoms with Gasteiger partial charge < -0.3 is 5.11 Å². The van der Waals surface area contributed by atoms with E-state index in [4.69, 9.17) is 0 Å². The molecule has 1 heteroatoms. The third-order valence-electron chi connectivity index (χ3n) is 3.70. The molecular weight excluding hydrogens is 136 g/mol. The first kappa shape index (κ1) is 8.79. The molecule has 1 aliphatic carbocycles. The largest absolute Gasteiger partial charge is 0.396 e. The van der Waals surface area contributed by atoms with Gasteiger partial charge in [0.2, 0.25) is 0 Å². The number of allylic oxidation sites excluding steroid dienone is 2. The lowest BCUT2D eigenvalue weighted by atomic mass is 9.67. The van der Waals surface area contributed by atoms with E-state index >= 15 is 0 Å². The van der Waals surface area contributed by atoms with E-state index in [0.717, 1.165) is 6.42 Å². The lowest BCUT2D eigenvalue weighted by Crippen LogP contribution is -2.35. The van der Waals surface area contributed by atoms with Crippen LogP contribution in [0.4, 0.5) is 0 Å². The Balaban J connectivity index is 2.94. The predicted molar refractivity (Wildman–Crippen MR) is 47.3 cm³/mol. The van der Waals surface area contributed by atoms with Crippen molar-refractivity contribution < 1.29 is 5.11 Å². The molecule has 1 unspecified atom stereocenters. The van der Waals surface area contributed by atoms with Crippen LogP contribution in [0.5, 0.6) is 0 Å². The normalized spacial score (nSPS) is 35.5. The van der Waals surface area contributed by atoms with Gasteiger partial charge in [-0.1, -0.05) is 32.4 Å². The van der Waals surface area contributed by atoms with Crippen LogP contribution < -0.4 is 0 Å². The van der Waals surface area contributed by atoms with Crippen molar-refractivity contribution in [3.63, 3.8) is 0 Å². The zero-order valence-electron chi connectivity index (χ0n) is 7.94. The summed E-state index contributed by atoms with van der Waals surface area (Å²) in [5.74, 6) is 0. The standard InChI is InChI=1S/C10H18O/c1-8-5-6-10(4,7-11)9(8,2)3/h5,11H,6-7H2,1-4H3. The molecule has 0 radical (unpaired) electrons. The molecule has 0 aromatic heterocycles. The molecule has 11 heavy (non-hydrogen) atoms. The van der Waals surface area contributed by atoms with Crippen molar-refractivity contribution in [2.75, 3.05) is 6.61 Å². The van der Waals surface area contributed by atoms with Crippen LogP contribution in [0.1, 0.15) is 34.1 Å². The topological polar surface area (TPSA) is 20.2 Å². The highest BCUT2D eigenvalue weighted by Gasteiger charge is 2.44. The summed E-state index contributed by atoms with van der Waals surface area (Å²) in [4.78, 5) is 0. The Bertz CT molecular complexity index is 191. The van der Waals surface area contributed by atoms with Crippen molar-refractivity contribution >= 4 is 0 Å². The number of hydrogen-bond acceptors (Lipinski definition) is 1. The van der Waals surface area contributed by atoms with Crippen LogP contribution >= 0.6 is 0 Å². The number of rotatable bonds is 1. The maximum atomic E-state index is 9.25. The molecule has 0 aromatic rings. The Kier molecular flexibility index (Phi) is 1.87. The van der Waals surface area contributed by atoms with Gasteiger partial charge in [-0.05, 0) is 18.8 Å². The average Bonchev–Trinajstić information content (AvgIpc) is 2.15. The first-order valence-electron chi connectivity index (χ1n) is 4.22. The van der Waals surface area contributed by atoms with E-state index in [-0.39, 0.29) is 17.4 Å². The second kappa shape index (κ2) is 2.34. The van der Waals surface area contributed by atoms with Crippen LogP contribution in [0.3, 0.4) is 0 Å². The quantitative estimate of drug-likeness (QED) is 0.575. The molecule has 0 bridgehead atoms. The van der Waals surface area contributed by atoms with Crippen LogP contribution in [-0.2, 0) is 0 Å².